The number of primary amides is 2. The van der Waals surface area contributed by atoms with Crippen molar-refractivity contribution < 1.29 is 83.1 Å². The first-order valence-corrected chi connectivity index (χ1v) is 25.2. The molecule has 0 radical (unpaired) electrons. The van der Waals surface area contributed by atoms with E-state index in [9.17, 15) is 83.1 Å². The van der Waals surface area contributed by atoms with Crippen molar-refractivity contribution in [1.29, 1.82) is 0 Å². The molecule has 74 heavy (non-hydrogen) atoms. The van der Waals surface area contributed by atoms with Crippen LogP contribution >= 0.6 is 11.8 Å². The van der Waals surface area contributed by atoms with Crippen LogP contribution in [-0.4, -0.2) is 194 Å². The maximum absolute atomic E-state index is 13.9. The molecule has 0 fully saturated rings. The lowest BCUT2D eigenvalue weighted by molar-refractivity contribution is -0.144. The monoisotopic (exact) mass is 1080 g/mol. The van der Waals surface area contributed by atoms with Crippen LogP contribution in [0.15, 0.2) is 0 Å². The van der Waals surface area contributed by atoms with Crippen LogP contribution in [0, 0.1) is 17.8 Å². The van der Waals surface area contributed by atoms with Gasteiger partial charge in [0.2, 0.25) is 65.0 Å². The lowest BCUT2D eigenvalue weighted by atomic mass is 9.96. The fraction of sp³-hybridized carbons (Fsp3) is 0.727. The van der Waals surface area contributed by atoms with Gasteiger partial charge in [0.15, 0.2) is 0 Å². The van der Waals surface area contributed by atoms with E-state index < -0.39 is 187 Å². The number of carboxylic acid groups (broad SMARTS) is 1. The zero-order chi connectivity index (χ0) is 57.3. The third kappa shape index (κ3) is 22.9. The maximum Gasteiger partial charge on any atom is 0.326 e. The van der Waals surface area contributed by atoms with Crippen LogP contribution in [0.5, 0.6) is 0 Å². The highest BCUT2D eigenvalue weighted by molar-refractivity contribution is 7.98. The summed E-state index contributed by atoms with van der Waals surface area (Å²) < 4.78 is 0. The number of nitrogens with one attached hydrogen (secondary N) is 9. The number of thioether (sulfide) groups is 1. The molecule has 0 spiro atoms. The van der Waals surface area contributed by atoms with Crippen molar-refractivity contribution in [3.05, 3.63) is 0 Å². The van der Waals surface area contributed by atoms with Crippen LogP contribution in [0.2, 0.25) is 0 Å². The topological polar surface area (TPSA) is 492 Å². The highest BCUT2D eigenvalue weighted by Gasteiger charge is 2.39. The van der Waals surface area contributed by atoms with E-state index in [1.807, 2.05) is 5.32 Å². The van der Waals surface area contributed by atoms with Crippen molar-refractivity contribution >= 4 is 82.7 Å². The Labute approximate surface area is 432 Å². The molecule has 29 nitrogen and oxygen atoms in total. The largest absolute Gasteiger partial charge is 0.480 e. The highest BCUT2D eigenvalue weighted by atomic mass is 32.2. The van der Waals surface area contributed by atoms with E-state index in [0.717, 1.165) is 13.8 Å². The number of hydrogen-bond donors (Lipinski definition) is 17. The normalized spacial score (nSPS) is 16.9. The van der Waals surface area contributed by atoms with Gasteiger partial charge in [-0.15, -0.1) is 0 Å². The Hall–Kier alpha value is -6.21. The zero-order valence-electron chi connectivity index (χ0n) is 43.1. The van der Waals surface area contributed by atoms with Crippen molar-refractivity contribution in [3.8, 4) is 0 Å². The summed E-state index contributed by atoms with van der Waals surface area (Å²) in [6.45, 7) is 9.51. The van der Waals surface area contributed by atoms with Crippen LogP contribution < -0.4 is 65.1 Å². The van der Waals surface area contributed by atoms with E-state index in [0.29, 0.717) is 5.75 Å². The summed E-state index contributed by atoms with van der Waals surface area (Å²) in [6.07, 6.45) is -2.46. The standard InChI is InChI=1S/C44H78N12O17S/c1-10-19(5)31(40(68)51-27(17-58)37(65)54-32(20(6)11-2)41(69)56-33(21(7)59)42(70)49-25(44(72)73)15-29(47)62)53-36(64)24(14-28(46)61)48-39(67)30(18(3)4)52-43(71)34(22(8)60)55-38(66)26(16-57)50-35(63)23(45)12-13-74-9/h18-27,30-34,57-60H,10-17,45H2,1-9H3,(H2,46,61)(H2,47,62)(H,48,67)(H,49,70)(H,50,63)(H,51,68)(H,52,71)(H,53,64)(H,54,65)(H,55,66)(H,56,69)(H,72,73)/t19-,20-,21+,22+,23-,24-,25-,26-,27-,30-,31-,32-,33-,34-/m0/s1. The second-order valence-corrected chi connectivity index (χ2v) is 19.1. The number of amides is 11. The molecule has 30 heteroatoms. The third-order valence-corrected chi connectivity index (χ3v) is 12.3. The van der Waals surface area contributed by atoms with Crippen molar-refractivity contribution in [2.45, 2.75) is 160 Å². The highest BCUT2D eigenvalue weighted by Crippen LogP contribution is 2.13. The quantitative estimate of drug-likeness (QED) is 0.0280. The van der Waals surface area contributed by atoms with Gasteiger partial charge in [-0.25, -0.2) is 4.79 Å². The van der Waals surface area contributed by atoms with Crippen LogP contribution in [0.4, 0.5) is 0 Å². The molecule has 0 aliphatic rings. The molecule has 0 saturated carbocycles. The summed E-state index contributed by atoms with van der Waals surface area (Å²) in [5, 5.41) is 70.8. The molecule has 0 aromatic heterocycles. The van der Waals surface area contributed by atoms with E-state index in [2.05, 4.69) is 42.5 Å². The molecule has 11 amide bonds. The second-order valence-electron chi connectivity index (χ2n) is 18.1. The van der Waals surface area contributed by atoms with Gasteiger partial charge in [-0.1, -0.05) is 54.4 Å². The number of rotatable bonds is 35. The summed E-state index contributed by atoms with van der Waals surface area (Å²) in [5.74, 6) is -15.2. The smallest absolute Gasteiger partial charge is 0.326 e. The average molecular weight is 1080 g/mol. The number of carbonyl (C=O) groups excluding carboxylic acids is 11. The molecule has 14 atom stereocenters. The van der Waals surface area contributed by atoms with E-state index in [-0.39, 0.29) is 19.3 Å². The molecule has 0 bridgehead atoms. The first-order chi connectivity index (χ1) is 34.4. The van der Waals surface area contributed by atoms with Gasteiger partial charge < -0.3 is 90.6 Å². The summed E-state index contributed by atoms with van der Waals surface area (Å²) in [7, 11) is 0. The molecule has 0 aliphatic heterocycles. The lowest BCUT2D eigenvalue weighted by Crippen LogP contribution is -2.63. The van der Waals surface area contributed by atoms with Crippen LogP contribution in [0.1, 0.15) is 87.5 Å². The lowest BCUT2D eigenvalue weighted by Gasteiger charge is -2.31. The van der Waals surface area contributed by atoms with E-state index in [4.69, 9.17) is 17.2 Å². The van der Waals surface area contributed by atoms with E-state index in [1.54, 1.807) is 20.1 Å². The molecule has 0 rings (SSSR count). The molecule has 0 aromatic rings. The fourth-order valence-electron chi connectivity index (χ4n) is 6.64. The summed E-state index contributed by atoms with van der Waals surface area (Å²) in [4.78, 5) is 156. The SMILES string of the molecule is CC[C@H](C)[C@H](NC(=O)[C@H](CC(N)=O)NC(=O)[C@@H](NC(=O)[C@@H](NC(=O)[C@H](CO)NC(=O)[C@@H](N)CCSC)[C@@H](C)O)C(C)C)C(=O)N[C@@H](CO)C(=O)N[C@H](C(=O)N[C@H](C(=O)N[C@@H](CC(N)=O)C(=O)O)[C@@H](C)O)[C@@H](C)CC. The van der Waals surface area contributed by atoms with Gasteiger partial charge in [-0.05, 0) is 50.0 Å². The third-order valence-electron chi connectivity index (χ3n) is 11.6. The Balaban J connectivity index is 6.43. The van der Waals surface area contributed by atoms with Gasteiger partial charge >= 0.3 is 5.97 Å². The molecular weight excluding hydrogens is 1000 g/mol. The summed E-state index contributed by atoms with van der Waals surface area (Å²) in [6, 6.07) is -16.2. The molecular formula is C44H78N12O17S. The molecule has 20 N–H and O–H groups in total. The minimum absolute atomic E-state index is 0.199. The number of carboxylic acids is 1. The number of hydrogen-bond acceptors (Lipinski definition) is 18. The predicted molar refractivity (Wildman–Crippen MR) is 265 cm³/mol. The molecule has 0 aromatic carbocycles. The Bertz CT molecular complexity index is 1960. The average Bonchev–Trinajstić information content (AvgIpc) is 3.32. The molecule has 0 heterocycles. The van der Waals surface area contributed by atoms with Gasteiger partial charge in [0.05, 0.1) is 44.3 Å². The second kappa shape index (κ2) is 33.6. The Kier molecular flexibility index (Phi) is 30.8. The summed E-state index contributed by atoms with van der Waals surface area (Å²) in [5.41, 5.74) is 16.3. The van der Waals surface area contributed by atoms with Crippen LogP contribution in [0.25, 0.3) is 0 Å². The number of aliphatic hydroxyl groups is 4. The number of carbonyl (C=O) groups is 12. The van der Waals surface area contributed by atoms with Crippen molar-refractivity contribution in [1.82, 2.24) is 47.9 Å². The van der Waals surface area contributed by atoms with Gasteiger partial charge in [-0.2, -0.15) is 11.8 Å². The summed E-state index contributed by atoms with van der Waals surface area (Å²) >= 11 is 1.43. The first kappa shape index (κ1) is 67.8. The maximum atomic E-state index is 13.9. The fourth-order valence-corrected chi connectivity index (χ4v) is 7.13. The predicted octanol–water partition coefficient (Wildman–Crippen LogP) is -7.24. The Morgan fingerprint density at radius 1 is 0.459 bits per heavy atom. The number of aliphatic hydroxyl groups excluding tert-OH is 4. The van der Waals surface area contributed by atoms with Gasteiger partial charge in [0.1, 0.15) is 54.4 Å². The Morgan fingerprint density at radius 2 is 0.770 bits per heavy atom. The van der Waals surface area contributed by atoms with E-state index in [1.165, 1.54) is 39.5 Å². The van der Waals surface area contributed by atoms with Gasteiger partial charge in [-0.3, -0.25) is 52.7 Å². The van der Waals surface area contributed by atoms with Crippen LogP contribution in [0.3, 0.4) is 0 Å². The van der Waals surface area contributed by atoms with Crippen molar-refractivity contribution in [3.63, 3.8) is 0 Å². The minimum Gasteiger partial charge on any atom is -0.480 e. The van der Waals surface area contributed by atoms with Crippen LogP contribution in [-0.2, 0) is 57.5 Å². The zero-order valence-corrected chi connectivity index (χ0v) is 43.9. The number of nitrogens with two attached hydrogens (primary N) is 3. The Morgan fingerprint density at radius 3 is 1.15 bits per heavy atom. The van der Waals surface area contributed by atoms with Gasteiger partial charge in [0, 0.05) is 0 Å². The first-order valence-electron chi connectivity index (χ1n) is 23.8. The minimum atomic E-state index is -1.82. The van der Waals surface area contributed by atoms with Gasteiger partial charge in [0.25, 0.3) is 0 Å². The molecule has 0 unspecified atom stereocenters. The molecule has 0 aliphatic carbocycles. The van der Waals surface area contributed by atoms with E-state index >= 15 is 0 Å². The molecule has 0 saturated heterocycles. The molecule has 422 valence electrons. The number of aliphatic carboxylic acids is 1. The van der Waals surface area contributed by atoms with Crippen molar-refractivity contribution in [2.75, 3.05) is 25.2 Å². The van der Waals surface area contributed by atoms with Crippen molar-refractivity contribution in [2.24, 2.45) is 35.0 Å².